The summed E-state index contributed by atoms with van der Waals surface area (Å²) < 4.78 is 5.84. The van der Waals surface area contributed by atoms with Crippen molar-refractivity contribution < 1.29 is 14.3 Å². The van der Waals surface area contributed by atoms with Gasteiger partial charge in [-0.05, 0) is 43.5 Å². The fourth-order valence-electron chi connectivity index (χ4n) is 5.12. The van der Waals surface area contributed by atoms with Gasteiger partial charge in [0.15, 0.2) is 0 Å². The molecule has 6 nitrogen and oxygen atoms in total. The first-order valence-electron chi connectivity index (χ1n) is 12.7. The van der Waals surface area contributed by atoms with E-state index in [9.17, 15) is 9.59 Å². The third-order valence-corrected chi connectivity index (χ3v) is 7.08. The van der Waals surface area contributed by atoms with Gasteiger partial charge in [0.25, 0.3) is 11.8 Å². The molecule has 4 rings (SSSR count). The van der Waals surface area contributed by atoms with Crippen LogP contribution < -0.4 is 4.74 Å². The number of carbonyl (C=O) groups is 2. The summed E-state index contributed by atoms with van der Waals surface area (Å²) in [6.45, 7) is 8.21. The molecule has 3 aliphatic rings. The molecule has 1 aliphatic carbocycles. The Morgan fingerprint density at radius 1 is 0.879 bits per heavy atom. The highest BCUT2D eigenvalue weighted by Gasteiger charge is 2.44. The van der Waals surface area contributed by atoms with Crippen molar-refractivity contribution in [1.29, 1.82) is 0 Å². The second-order valence-electron chi connectivity index (χ2n) is 10.2. The highest BCUT2D eigenvalue weighted by Crippen LogP contribution is 2.36. The lowest BCUT2D eigenvalue weighted by molar-refractivity contribution is -0.140. The molecule has 2 aliphatic heterocycles. The summed E-state index contributed by atoms with van der Waals surface area (Å²) in [4.78, 5) is 33.6. The minimum atomic E-state index is -0.115. The molecule has 33 heavy (non-hydrogen) atoms. The van der Waals surface area contributed by atoms with E-state index in [2.05, 4.69) is 30.7 Å². The van der Waals surface area contributed by atoms with Gasteiger partial charge >= 0.3 is 0 Å². The number of ether oxygens (including phenoxy) is 1. The summed E-state index contributed by atoms with van der Waals surface area (Å²) in [7, 11) is 2.10. The Balaban J connectivity index is 1.64. The number of amides is 2. The summed E-state index contributed by atoms with van der Waals surface area (Å²) in [6.07, 6.45) is 7.65. The van der Waals surface area contributed by atoms with Gasteiger partial charge in [-0.3, -0.25) is 14.5 Å². The van der Waals surface area contributed by atoms with Crippen LogP contribution in [0.3, 0.4) is 0 Å². The lowest BCUT2D eigenvalue weighted by Crippen LogP contribution is -2.47. The van der Waals surface area contributed by atoms with E-state index in [1.54, 1.807) is 4.90 Å². The number of carbonyl (C=O) groups excluding carboxylic acids is 2. The Labute approximate surface area is 198 Å². The van der Waals surface area contributed by atoms with Crippen LogP contribution in [0.4, 0.5) is 0 Å². The molecule has 0 atom stereocenters. The van der Waals surface area contributed by atoms with E-state index in [-0.39, 0.29) is 17.9 Å². The van der Waals surface area contributed by atoms with Gasteiger partial charge in [0.05, 0.1) is 12.2 Å². The second kappa shape index (κ2) is 10.7. The molecular weight excluding hydrogens is 414 g/mol. The standard InChI is InChI=1S/C27H39N3O3/c1-20(2)19-33-23-13-11-21(12-14-23)24-25(29-17-15-28(3)16-18-29)27(32)30(26(24)31)22-9-7-5-4-6-8-10-22/h11-14,20,22H,4-10,15-19H2,1-3H3. The monoisotopic (exact) mass is 453 g/mol. The lowest BCUT2D eigenvalue weighted by Gasteiger charge is -2.35. The molecule has 0 aromatic heterocycles. The zero-order chi connectivity index (χ0) is 23.4. The Kier molecular flexibility index (Phi) is 7.74. The minimum Gasteiger partial charge on any atom is -0.493 e. The number of hydrogen-bond acceptors (Lipinski definition) is 5. The predicted molar refractivity (Wildman–Crippen MR) is 131 cm³/mol. The number of benzene rings is 1. The zero-order valence-corrected chi connectivity index (χ0v) is 20.5. The van der Waals surface area contributed by atoms with Crippen LogP contribution in [0, 0.1) is 5.92 Å². The van der Waals surface area contributed by atoms with Crippen molar-refractivity contribution in [1.82, 2.24) is 14.7 Å². The van der Waals surface area contributed by atoms with Crippen molar-refractivity contribution in [2.75, 3.05) is 39.8 Å². The van der Waals surface area contributed by atoms with Crippen molar-refractivity contribution in [3.63, 3.8) is 0 Å². The summed E-state index contributed by atoms with van der Waals surface area (Å²) >= 11 is 0. The van der Waals surface area contributed by atoms with Crippen molar-refractivity contribution >= 4 is 17.4 Å². The third kappa shape index (κ3) is 5.43. The van der Waals surface area contributed by atoms with E-state index in [4.69, 9.17) is 4.74 Å². The Morgan fingerprint density at radius 2 is 1.48 bits per heavy atom. The Hall–Kier alpha value is -2.34. The zero-order valence-electron chi connectivity index (χ0n) is 20.5. The van der Waals surface area contributed by atoms with E-state index in [1.807, 2.05) is 24.3 Å². The molecule has 0 radical (unpaired) electrons. The van der Waals surface area contributed by atoms with Crippen molar-refractivity contribution in [2.45, 2.75) is 64.8 Å². The first kappa shape index (κ1) is 23.8. The molecule has 0 unspecified atom stereocenters. The van der Waals surface area contributed by atoms with Crippen LogP contribution in [-0.4, -0.2) is 72.4 Å². The molecule has 6 heteroatoms. The van der Waals surface area contributed by atoms with Gasteiger partial charge in [-0.1, -0.05) is 58.1 Å². The van der Waals surface area contributed by atoms with Crippen molar-refractivity contribution in [3.8, 4) is 5.75 Å². The van der Waals surface area contributed by atoms with Gasteiger partial charge in [-0.15, -0.1) is 0 Å². The molecule has 2 fully saturated rings. The van der Waals surface area contributed by atoms with E-state index in [0.29, 0.717) is 23.8 Å². The quantitative estimate of drug-likeness (QED) is 0.606. The number of piperazine rings is 1. The van der Waals surface area contributed by atoms with Crippen molar-refractivity contribution in [3.05, 3.63) is 35.5 Å². The van der Waals surface area contributed by atoms with E-state index in [1.165, 1.54) is 19.3 Å². The molecule has 2 amide bonds. The van der Waals surface area contributed by atoms with Crippen LogP contribution in [0.5, 0.6) is 5.75 Å². The normalized spacial score (nSPS) is 21.7. The molecule has 1 saturated heterocycles. The summed E-state index contributed by atoms with van der Waals surface area (Å²) in [5, 5.41) is 0. The molecule has 1 aromatic carbocycles. The van der Waals surface area contributed by atoms with Gasteiger partial charge in [0.1, 0.15) is 11.4 Å². The average molecular weight is 454 g/mol. The molecule has 2 heterocycles. The third-order valence-electron chi connectivity index (χ3n) is 7.08. The number of rotatable bonds is 6. The molecule has 0 spiro atoms. The van der Waals surface area contributed by atoms with E-state index >= 15 is 0 Å². The second-order valence-corrected chi connectivity index (χ2v) is 10.2. The summed E-state index contributed by atoms with van der Waals surface area (Å²) in [5.41, 5.74) is 1.99. The maximum absolute atomic E-state index is 13.8. The van der Waals surface area contributed by atoms with Crippen LogP contribution >= 0.6 is 0 Å². The number of nitrogens with zero attached hydrogens (tertiary/aromatic N) is 3. The fourth-order valence-corrected chi connectivity index (χ4v) is 5.12. The smallest absolute Gasteiger partial charge is 0.278 e. The van der Waals surface area contributed by atoms with Gasteiger partial charge in [0, 0.05) is 32.2 Å². The van der Waals surface area contributed by atoms with Gasteiger partial charge in [-0.2, -0.15) is 0 Å². The highest BCUT2D eigenvalue weighted by molar-refractivity contribution is 6.35. The highest BCUT2D eigenvalue weighted by atomic mass is 16.5. The molecule has 180 valence electrons. The Bertz CT molecular complexity index is 861. The first-order chi connectivity index (χ1) is 16.0. The number of likely N-dealkylation sites (N-methyl/N-ethyl adjacent to an activating group) is 1. The minimum absolute atomic E-state index is 0.0129. The fraction of sp³-hybridized carbons (Fsp3) is 0.630. The topological polar surface area (TPSA) is 53.1 Å². The number of hydrogen-bond donors (Lipinski definition) is 0. The molecule has 0 bridgehead atoms. The van der Waals surface area contributed by atoms with E-state index in [0.717, 1.165) is 63.2 Å². The maximum Gasteiger partial charge on any atom is 0.278 e. The molecular formula is C27H39N3O3. The maximum atomic E-state index is 13.8. The lowest BCUT2D eigenvalue weighted by atomic mass is 9.95. The molecule has 1 aromatic rings. The van der Waals surface area contributed by atoms with Crippen LogP contribution in [0.2, 0.25) is 0 Å². The SMILES string of the molecule is CC(C)COc1ccc(C2=C(N3CCN(C)CC3)C(=O)N(C3CCCCCCC3)C2=O)cc1. The van der Waals surface area contributed by atoms with Crippen LogP contribution in [0.15, 0.2) is 30.0 Å². The van der Waals surface area contributed by atoms with Gasteiger partial charge in [-0.25, -0.2) is 0 Å². The van der Waals surface area contributed by atoms with E-state index < -0.39 is 0 Å². The Morgan fingerprint density at radius 3 is 2.09 bits per heavy atom. The summed E-state index contributed by atoms with van der Waals surface area (Å²) in [5.74, 6) is 1.03. The largest absolute Gasteiger partial charge is 0.493 e. The molecule has 1 saturated carbocycles. The van der Waals surface area contributed by atoms with Crippen LogP contribution in [0.1, 0.15) is 64.4 Å². The summed E-state index contributed by atoms with van der Waals surface area (Å²) in [6, 6.07) is 7.73. The van der Waals surface area contributed by atoms with Gasteiger partial charge in [0.2, 0.25) is 0 Å². The van der Waals surface area contributed by atoms with Gasteiger partial charge < -0.3 is 14.5 Å². The average Bonchev–Trinajstić information content (AvgIpc) is 3.03. The van der Waals surface area contributed by atoms with Crippen LogP contribution in [-0.2, 0) is 9.59 Å². The predicted octanol–water partition coefficient (Wildman–Crippen LogP) is 4.16. The van der Waals surface area contributed by atoms with Crippen molar-refractivity contribution in [2.24, 2.45) is 5.92 Å². The first-order valence-corrected chi connectivity index (χ1v) is 12.7. The molecule has 0 N–H and O–H groups in total. The van der Waals surface area contributed by atoms with Crippen LogP contribution in [0.25, 0.3) is 5.57 Å². The number of imide groups is 1.